The molecule has 13 heavy (non-hydrogen) atoms. The molecule has 0 bridgehead atoms. The molecule has 0 aliphatic carbocycles. The normalized spacial score (nSPS) is 13.9. The Morgan fingerprint density at radius 1 is 1.31 bits per heavy atom. The molecule has 0 heterocycles. The fourth-order valence-corrected chi connectivity index (χ4v) is 1.45. The monoisotopic (exact) mass is 203 g/mol. The van der Waals surface area contributed by atoms with Gasteiger partial charge in [0.25, 0.3) is 0 Å². The van der Waals surface area contributed by atoms with E-state index >= 15 is 0 Å². The number of hydrogen-bond donors (Lipinski definition) is 2. The van der Waals surface area contributed by atoms with E-state index in [-0.39, 0.29) is 16.7 Å². The second-order valence-corrected chi connectivity index (χ2v) is 4.28. The maximum Gasteiger partial charge on any atom is 0.232 e. The van der Waals surface area contributed by atoms with E-state index in [9.17, 15) is 4.79 Å². The van der Waals surface area contributed by atoms with Crippen LogP contribution in [0.4, 0.5) is 0 Å². The molecule has 0 aliphatic heterocycles. The zero-order valence-corrected chi connectivity index (χ0v) is 9.95. The molecule has 1 N–H and O–H groups in total. The first-order valence-electron chi connectivity index (χ1n) is 5.01. The van der Waals surface area contributed by atoms with Gasteiger partial charge in [0.05, 0.1) is 5.25 Å². The molecular formula is C10H21NOS. The summed E-state index contributed by atoms with van der Waals surface area (Å²) in [4.78, 5) is 11.4. The zero-order valence-electron chi connectivity index (χ0n) is 9.05. The summed E-state index contributed by atoms with van der Waals surface area (Å²) in [5, 5.41) is 2.85. The van der Waals surface area contributed by atoms with Crippen molar-refractivity contribution >= 4 is 18.5 Å². The molecule has 0 saturated heterocycles. The highest BCUT2D eigenvalue weighted by molar-refractivity contribution is 7.81. The summed E-state index contributed by atoms with van der Waals surface area (Å²) >= 11 is 4.11. The van der Waals surface area contributed by atoms with Gasteiger partial charge in [0, 0.05) is 5.54 Å². The van der Waals surface area contributed by atoms with Crippen molar-refractivity contribution in [1.29, 1.82) is 0 Å². The summed E-state index contributed by atoms with van der Waals surface area (Å²) in [6.07, 6.45) is 2.94. The molecule has 3 heteroatoms. The van der Waals surface area contributed by atoms with Gasteiger partial charge >= 0.3 is 0 Å². The number of rotatable bonds is 5. The molecule has 0 aliphatic rings. The standard InChI is InChI=1S/C10H21NOS/c1-5-10(6-2,7-3)11-9(12)8(4)13/h8,13H,5-7H2,1-4H3,(H,11,12). The van der Waals surface area contributed by atoms with Gasteiger partial charge in [-0.05, 0) is 26.2 Å². The minimum absolute atomic E-state index is 0.0198. The maximum absolute atomic E-state index is 11.4. The average Bonchev–Trinajstić information content (AvgIpc) is 2.14. The number of carbonyl (C=O) groups excluding carboxylic acids is 1. The highest BCUT2D eigenvalue weighted by Gasteiger charge is 2.26. The maximum atomic E-state index is 11.4. The van der Waals surface area contributed by atoms with E-state index in [0.29, 0.717) is 0 Å². The first-order chi connectivity index (χ1) is 6.01. The lowest BCUT2D eigenvalue weighted by Crippen LogP contribution is -2.49. The highest BCUT2D eigenvalue weighted by Crippen LogP contribution is 2.19. The summed E-state index contributed by atoms with van der Waals surface area (Å²) in [6.45, 7) is 8.12. The third-order valence-corrected chi connectivity index (χ3v) is 3.03. The predicted molar refractivity (Wildman–Crippen MR) is 60.2 cm³/mol. The molecule has 0 saturated carbocycles. The molecule has 0 spiro atoms. The van der Waals surface area contributed by atoms with Crippen LogP contribution in [0.2, 0.25) is 0 Å². The van der Waals surface area contributed by atoms with Crippen LogP contribution in [0.3, 0.4) is 0 Å². The van der Waals surface area contributed by atoms with E-state index in [2.05, 4.69) is 38.7 Å². The van der Waals surface area contributed by atoms with Crippen molar-refractivity contribution in [3.63, 3.8) is 0 Å². The fraction of sp³-hybridized carbons (Fsp3) is 0.900. The van der Waals surface area contributed by atoms with Gasteiger partial charge in [0.2, 0.25) is 5.91 Å². The molecule has 0 radical (unpaired) electrons. The third-order valence-electron chi connectivity index (χ3n) is 2.80. The number of nitrogens with one attached hydrogen (secondary N) is 1. The van der Waals surface area contributed by atoms with Crippen molar-refractivity contribution in [2.24, 2.45) is 0 Å². The fourth-order valence-electron chi connectivity index (χ4n) is 1.38. The number of thiol groups is 1. The molecule has 0 fully saturated rings. The number of hydrogen-bond acceptors (Lipinski definition) is 2. The average molecular weight is 203 g/mol. The Labute approximate surface area is 86.9 Å². The lowest BCUT2D eigenvalue weighted by molar-refractivity contribution is -0.122. The predicted octanol–water partition coefficient (Wildman–Crippen LogP) is 2.39. The van der Waals surface area contributed by atoms with Crippen molar-refractivity contribution in [2.75, 3.05) is 0 Å². The van der Waals surface area contributed by atoms with E-state index in [1.54, 1.807) is 6.92 Å². The lowest BCUT2D eigenvalue weighted by atomic mass is 9.89. The van der Waals surface area contributed by atoms with Gasteiger partial charge in [-0.2, -0.15) is 12.6 Å². The Morgan fingerprint density at radius 2 is 1.69 bits per heavy atom. The third kappa shape index (κ3) is 3.59. The van der Waals surface area contributed by atoms with Crippen LogP contribution in [0.25, 0.3) is 0 Å². The Hall–Kier alpha value is -0.180. The van der Waals surface area contributed by atoms with E-state index in [4.69, 9.17) is 0 Å². The Kier molecular flexibility index (Phi) is 5.45. The molecule has 1 amide bonds. The molecular weight excluding hydrogens is 182 g/mol. The van der Waals surface area contributed by atoms with Gasteiger partial charge in [-0.15, -0.1) is 0 Å². The summed E-state index contributed by atoms with van der Waals surface area (Å²) in [5.41, 5.74) is -0.0198. The van der Waals surface area contributed by atoms with Gasteiger partial charge in [-0.25, -0.2) is 0 Å². The van der Waals surface area contributed by atoms with Crippen LogP contribution in [-0.4, -0.2) is 16.7 Å². The van der Waals surface area contributed by atoms with Crippen LogP contribution in [0.5, 0.6) is 0 Å². The highest BCUT2D eigenvalue weighted by atomic mass is 32.1. The first kappa shape index (κ1) is 12.8. The van der Waals surface area contributed by atoms with E-state index in [1.807, 2.05) is 0 Å². The van der Waals surface area contributed by atoms with Crippen molar-refractivity contribution in [3.05, 3.63) is 0 Å². The van der Waals surface area contributed by atoms with Gasteiger partial charge in [-0.1, -0.05) is 20.8 Å². The molecule has 1 atom stereocenters. The van der Waals surface area contributed by atoms with Crippen LogP contribution in [-0.2, 0) is 4.79 Å². The smallest absolute Gasteiger partial charge is 0.232 e. The van der Waals surface area contributed by atoms with E-state index < -0.39 is 0 Å². The van der Waals surface area contributed by atoms with Gasteiger partial charge in [-0.3, -0.25) is 4.79 Å². The van der Waals surface area contributed by atoms with Crippen LogP contribution in [0.1, 0.15) is 47.0 Å². The summed E-state index contributed by atoms with van der Waals surface area (Å²) in [5.74, 6) is 0.0360. The van der Waals surface area contributed by atoms with Crippen molar-refractivity contribution in [1.82, 2.24) is 5.32 Å². The quantitative estimate of drug-likeness (QED) is 0.660. The molecule has 0 aromatic heterocycles. The van der Waals surface area contributed by atoms with Crippen LogP contribution >= 0.6 is 12.6 Å². The number of amides is 1. The van der Waals surface area contributed by atoms with Crippen molar-refractivity contribution < 1.29 is 4.79 Å². The number of carbonyl (C=O) groups is 1. The minimum Gasteiger partial charge on any atom is -0.350 e. The summed E-state index contributed by atoms with van der Waals surface area (Å²) in [7, 11) is 0. The van der Waals surface area contributed by atoms with E-state index in [0.717, 1.165) is 19.3 Å². The Balaban J connectivity index is 4.33. The van der Waals surface area contributed by atoms with Crippen LogP contribution in [0.15, 0.2) is 0 Å². The lowest BCUT2D eigenvalue weighted by Gasteiger charge is -2.32. The molecule has 0 aromatic carbocycles. The van der Waals surface area contributed by atoms with E-state index in [1.165, 1.54) is 0 Å². The largest absolute Gasteiger partial charge is 0.350 e. The van der Waals surface area contributed by atoms with Gasteiger partial charge in [0.15, 0.2) is 0 Å². The van der Waals surface area contributed by atoms with Crippen molar-refractivity contribution in [3.8, 4) is 0 Å². The SMILES string of the molecule is CCC(CC)(CC)NC(=O)C(C)S. The molecule has 2 nitrogen and oxygen atoms in total. The Morgan fingerprint density at radius 3 is 1.92 bits per heavy atom. The molecule has 78 valence electrons. The van der Waals surface area contributed by atoms with Crippen molar-refractivity contribution in [2.45, 2.75) is 57.7 Å². The topological polar surface area (TPSA) is 29.1 Å². The molecule has 1 unspecified atom stereocenters. The second kappa shape index (κ2) is 5.53. The molecule has 0 aromatic rings. The second-order valence-electron chi connectivity index (χ2n) is 3.51. The first-order valence-corrected chi connectivity index (χ1v) is 5.53. The van der Waals surface area contributed by atoms with Gasteiger partial charge in [0.1, 0.15) is 0 Å². The van der Waals surface area contributed by atoms with Crippen LogP contribution < -0.4 is 5.32 Å². The van der Waals surface area contributed by atoms with Crippen LogP contribution in [0, 0.1) is 0 Å². The summed E-state index contributed by atoms with van der Waals surface area (Å²) in [6, 6.07) is 0. The Bertz CT molecular complexity index is 156. The minimum atomic E-state index is -0.218. The zero-order chi connectivity index (χ0) is 10.5. The molecule has 0 rings (SSSR count). The van der Waals surface area contributed by atoms with Gasteiger partial charge < -0.3 is 5.32 Å². The summed E-state index contributed by atoms with van der Waals surface area (Å²) < 4.78 is 0.